The predicted octanol–water partition coefficient (Wildman–Crippen LogP) is 2.73. The van der Waals surface area contributed by atoms with E-state index in [-0.39, 0.29) is 0 Å². The third-order valence-corrected chi connectivity index (χ3v) is 2.01. The van der Waals surface area contributed by atoms with Gasteiger partial charge in [0.2, 0.25) is 0 Å². The van der Waals surface area contributed by atoms with Gasteiger partial charge in [0.1, 0.15) is 0 Å². The lowest BCUT2D eigenvalue weighted by Crippen LogP contribution is -1.99. The van der Waals surface area contributed by atoms with Crippen molar-refractivity contribution in [1.29, 1.82) is 0 Å². The zero-order valence-electron chi connectivity index (χ0n) is 8.72. The summed E-state index contributed by atoms with van der Waals surface area (Å²) in [5.41, 5.74) is 2.50. The number of hydrogen-bond acceptors (Lipinski definition) is 2. The molecule has 0 saturated heterocycles. The second kappa shape index (κ2) is 7.01. The first-order valence-corrected chi connectivity index (χ1v) is 4.69. The number of rotatable bonds is 5. The molecular formula is C10H20N2. The van der Waals surface area contributed by atoms with Crippen molar-refractivity contribution in [3.63, 3.8) is 0 Å². The van der Waals surface area contributed by atoms with Crippen molar-refractivity contribution in [3.05, 3.63) is 0 Å². The molecule has 0 N–H and O–H groups in total. The molecule has 0 fully saturated rings. The van der Waals surface area contributed by atoms with E-state index >= 15 is 0 Å². The second-order valence-corrected chi connectivity index (χ2v) is 2.86. The fourth-order valence-corrected chi connectivity index (χ4v) is 0.961. The van der Waals surface area contributed by atoms with Gasteiger partial charge in [-0.05, 0) is 19.8 Å². The normalized spacial score (nSPS) is 11.5. The molecule has 0 aromatic rings. The average Bonchev–Trinajstić information content (AvgIpc) is 2.12. The van der Waals surface area contributed by atoms with E-state index in [1.807, 2.05) is 14.0 Å². The molecule has 0 atom stereocenters. The third kappa shape index (κ3) is 5.05. The molecule has 0 radical (unpaired) electrons. The summed E-state index contributed by atoms with van der Waals surface area (Å²) in [6.07, 6.45) is 3.16. The molecule has 0 aliphatic rings. The van der Waals surface area contributed by atoms with Gasteiger partial charge in [-0.1, -0.05) is 13.8 Å². The summed E-state index contributed by atoms with van der Waals surface area (Å²) in [4.78, 5) is 8.57. The number of hydrogen-bond donors (Lipinski definition) is 0. The van der Waals surface area contributed by atoms with Crippen LogP contribution in [0.4, 0.5) is 0 Å². The Morgan fingerprint density at radius 1 is 1.17 bits per heavy atom. The monoisotopic (exact) mass is 168 g/mol. The third-order valence-electron chi connectivity index (χ3n) is 2.01. The molecule has 2 nitrogen and oxygen atoms in total. The maximum atomic E-state index is 4.48. The molecule has 0 heterocycles. The lowest BCUT2D eigenvalue weighted by molar-refractivity contribution is 0.996. The Kier molecular flexibility index (Phi) is 6.63. The van der Waals surface area contributed by atoms with E-state index in [1.54, 1.807) is 0 Å². The summed E-state index contributed by atoms with van der Waals surface area (Å²) in [6, 6.07) is 0. The van der Waals surface area contributed by atoms with Gasteiger partial charge in [-0.2, -0.15) is 0 Å². The van der Waals surface area contributed by atoms with E-state index in [2.05, 4.69) is 23.8 Å². The van der Waals surface area contributed by atoms with Crippen molar-refractivity contribution < 1.29 is 0 Å². The smallest absolute Gasteiger partial charge is 0.0440 e. The van der Waals surface area contributed by atoms with Crippen LogP contribution in [-0.2, 0) is 0 Å². The molecule has 0 rings (SSSR count). The molecule has 0 bridgehead atoms. The van der Waals surface area contributed by atoms with Crippen molar-refractivity contribution in [2.24, 2.45) is 9.98 Å². The van der Waals surface area contributed by atoms with Crippen molar-refractivity contribution >= 4 is 11.4 Å². The highest BCUT2D eigenvalue weighted by Crippen LogP contribution is 1.94. The van der Waals surface area contributed by atoms with Crippen LogP contribution in [0.25, 0.3) is 0 Å². The molecule has 0 spiro atoms. The van der Waals surface area contributed by atoms with Gasteiger partial charge in [0.25, 0.3) is 0 Å². The number of aliphatic imine (C=N–C) groups is 2. The molecule has 0 amide bonds. The average molecular weight is 168 g/mol. The molecule has 70 valence electrons. The molecule has 0 unspecified atom stereocenters. The van der Waals surface area contributed by atoms with E-state index in [4.69, 9.17) is 0 Å². The lowest BCUT2D eigenvalue weighted by Gasteiger charge is -1.99. The minimum Gasteiger partial charge on any atom is -0.298 e. The molecule has 0 aromatic carbocycles. The molecule has 12 heavy (non-hydrogen) atoms. The Hall–Kier alpha value is -0.660. The highest BCUT2D eigenvalue weighted by molar-refractivity contribution is 5.85. The molecule has 0 aliphatic carbocycles. The summed E-state index contributed by atoms with van der Waals surface area (Å²) in [6.45, 7) is 7.26. The highest BCUT2D eigenvalue weighted by atomic mass is 14.7. The van der Waals surface area contributed by atoms with Crippen LogP contribution in [0.5, 0.6) is 0 Å². The fraction of sp³-hybridized carbons (Fsp3) is 0.800. The fourth-order valence-electron chi connectivity index (χ4n) is 0.961. The van der Waals surface area contributed by atoms with Crippen molar-refractivity contribution in [2.45, 2.75) is 40.0 Å². The first kappa shape index (κ1) is 11.3. The van der Waals surface area contributed by atoms with E-state index in [9.17, 15) is 0 Å². The van der Waals surface area contributed by atoms with Crippen LogP contribution in [0.3, 0.4) is 0 Å². The van der Waals surface area contributed by atoms with Gasteiger partial charge in [-0.3, -0.25) is 9.98 Å². The highest BCUT2D eigenvalue weighted by Gasteiger charge is 1.92. The lowest BCUT2D eigenvalue weighted by atomic mass is 10.2. The van der Waals surface area contributed by atoms with Crippen LogP contribution in [0.15, 0.2) is 9.98 Å². The van der Waals surface area contributed by atoms with Crippen LogP contribution < -0.4 is 0 Å². The van der Waals surface area contributed by atoms with Gasteiger partial charge >= 0.3 is 0 Å². The zero-order valence-corrected chi connectivity index (χ0v) is 8.72. The van der Waals surface area contributed by atoms with Crippen molar-refractivity contribution in [1.82, 2.24) is 0 Å². The summed E-state index contributed by atoms with van der Waals surface area (Å²) >= 11 is 0. The summed E-state index contributed by atoms with van der Waals surface area (Å²) in [7, 11) is 1.83. The zero-order chi connectivity index (χ0) is 9.40. The van der Waals surface area contributed by atoms with Gasteiger partial charge in [-0.25, -0.2) is 0 Å². The summed E-state index contributed by atoms with van der Waals surface area (Å²) in [5, 5.41) is 0. The van der Waals surface area contributed by atoms with Gasteiger partial charge < -0.3 is 0 Å². The van der Waals surface area contributed by atoms with Gasteiger partial charge in [0, 0.05) is 31.4 Å². The second-order valence-electron chi connectivity index (χ2n) is 2.86. The Bertz CT molecular complexity index is 163. The van der Waals surface area contributed by atoms with Crippen LogP contribution in [-0.4, -0.2) is 25.0 Å². The Morgan fingerprint density at radius 2 is 1.75 bits per heavy atom. The maximum Gasteiger partial charge on any atom is 0.0440 e. The molecule has 0 saturated carbocycles. The molecular weight excluding hydrogens is 148 g/mol. The standard InChI is InChI=1S/C10H20N2/c1-5-10(6-2)12-8-7-9(3)11-4/h5-8H2,1-4H3/b11-9+. The van der Waals surface area contributed by atoms with Crippen LogP contribution in [0.2, 0.25) is 0 Å². The first-order valence-electron chi connectivity index (χ1n) is 4.69. The van der Waals surface area contributed by atoms with Crippen molar-refractivity contribution in [3.8, 4) is 0 Å². The van der Waals surface area contributed by atoms with E-state index in [0.29, 0.717) is 0 Å². The molecule has 2 heteroatoms. The Labute approximate surface area is 75.8 Å². The van der Waals surface area contributed by atoms with Gasteiger partial charge in [-0.15, -0.1) is 0 Å². The Balaban J connectivity index is 3.72. The van der Waals surface area contributed by atoms with Crippen molar-refractivity contribution in [2.75, 3.05) is 13.6 Å². The van der Waals surface area contributed by atoms with E-state index < -0.39 is 0 Å². The molecule has 0 aliphatic heterocycles. The van der Waals surface area contributed by atoms with Gasteiger partial charge in [0.15, 0.2) is 0 Å². The van der Waals surface area contributed by atoms with E-state index in [0.717, 1.165) is 25.8 Å². The van der Waals surface area contributed by atoms with Crippen LogP contribution in [0.1, 0.15) is 40.0 Å². The van der Waals surface area contributed by atoms with Gasteiger partial charge in [0.05, 0.1) is 0 Å². The van der Waals surface area contributed by atoms with E-state index in [1.165, 1.54) is 11.4 Å². The largest absolute Gasteiger partial charge is 0.298 e. The van der Waals surface area contributed by atoms with Crippen LogP contribution >= 0.6 is 0 Å². The SMILES string of the molecule is CCC(CC)=NCC/C(C)=N/C. The molecule has 0 aromatic heterocycles. The minimum absolute atomic E-state index is 0.903. The quantitative estimate of drug-likeness (QED) is 0.564. The first-order chi connectivity index (χ1) is 5.74. The summed E-state index contributed by atoms with van der Waals surface area (Å²) in [5.74, 6) is 0. The minimum atomic E-state index is 0.903. The predicted molar refractivity (Wildman–Crippen MR) is 56.5 cm³/mol. The summed E-state index contributed by atoms with van der Waals surface area (Å²) < 4.78 is 0. The topological polar surface area (TPSA) is 24.7 Å². The Morgan fingerprint density at radius 3 is 2.17 bits per heavy atom. The number of nitrogens with zero attached hydrogens (tertiary/aromatic N) is 2. The van der Waals surface area contributed by atoms with Crippen LogP contribution in [0, 0.1) is 0 Å². The maximum absolute atomic E-state index is 4.48.